The average molecular weight is 291 g/mol. The van der Waals surface area contributed by atoms with E-state index in [9.17, 15) is 14.7 Å². The Morgan fingerprint density at radius 3 is 2.57 bits per heavy atom. The maximum atomic E-state index is 11.8. The number of terminal acetylenes is 1. The highest BCUT2D eigenvalue weighted by Crippen LogP contribution is 2.37. The van der Waals surface area contributed by atoms with E-state index in [2.05, 4.69) is 21.5 Å². The predicted molar refractivity (Wildman–Crippen MR) is 76.4 cm³/mol. The lowest BCUT2D eigenvalue weighted by atomic mass is 9.76. The number of carboxylic acids is 1. The molecule has 0 aromatic rings. The molecular weight excluding hydrogens is 270 g/mol. The first-order chi connectivity index (χ1) is 10.1. The lowest BCUT2D eigenvalue weighted by molar-refractivity contribution is -0.144. The van der Waals surface area contributed by atoms with Crippen LogP contribution in [0.2, 0.25) is 0 Å². The number of carbonyl (C=O) groups excluding carboxylic acids is 1. The number of hydrogen-bond donors (Lipinski definition) is 2. The van der Waals surface area contributed by atoms with E-state index in [1.165, 1.54) is 0 Å². The molecule has 1 aliphatic heterocycles. The normalized spacial score (nSPS) is 20.1. The summed E-state index contributed by atoms with van der Waals surface area (Å²) < 4.78 is 0. The smallest absolute Gasteiger partial charge is 0.308 e. The number of rotatable bonds is 9. The third-order valence-electron chi connectivity index (χ3n) is 4.36. The van der Waals surface area contributed by atoms with Crippen molar-refractivity contribution in [3.8, 4) is 12.3 Å². The van der Waals surface area contributed by atoms with Crippen molar-refractivity contribution >= 4 is 11.9 Å². The zero-order chi connectivity index (χ0) is 15.3. The van der Waals surface area contributed by atoms with E-state index in [0.29, 0.717) is 25.7 Å². The molecule has 1 amide bonds. The molecule has 1 unspecified atom stereocenters. The molecule has 2 aliphatic rings. The summed E-state index contributed by atoms with van der Waals surface area (Å²) in [6.45, 7) is 0.213. The minimum atomic E-state index is -0.822. The van der Waals surface area contributed by atoms with Crippen molar-refractivity contribution in [1.82, 2.24) is 5.32 Å². The number of nitrogens with one attached hydrogen (secondary N) is 1. The van der Waals surface area contributed by atoms with Gasteiger partial charge in [-0.3, -0.25) is 9.59 Å². The van der Waals surface area contributed by atoms with Gasteiger partial charge in [-0.2, -0.15) is 10.2 Å². The van der Waals surface area contributed by atoms with E-state index in [4.69, 9.17) is 6.42 Å². The summed E-state index contributed by atoms with van der Waals surface area (Å²) in [5.74, 6) is 1.32. The van der Waals surface area contributed by atoms with Crippen molar-refractivity contribution < 1.29 is 14.7 Å². The molecule has 21 heavy (non-hydrogen) atoms. The molecule has 1 heterocycles. The molecule has 2 N–H and O–H groups in total. The van der Waals surface area contributed by atoms with Crippen molar-refractivity contribution in [2.24, 2.45) is 22.1 Å². The van der Waals surface area contributed by atoms with Gasteiger partial charge in [0.05, 0.1) is 5.92 Å². The van der Waals surface area contributed by atoms with Crippen molar-refractivity contribution in [2.45, 2.75) is 50.6 Å². The number of amides is 1. The summed E-state index contributed by atoms with van der Waals surface area (Å²) in [5, 5.41) is 19.9. The molecule has 2 rings (SSSR count). The molecule has 0 spiro atoms. The van der Waals surface area contributed by atoms with Gasteiger partial charge in [0.1, 0.15) is 0 Å². The van der Waals surface area contributed by atoms with Crippen LogP contribution in [0.1, 0.15) is 44.9 Å². The topological polar surface area (TPSA) is 91.1 Å². The van der Waals surface area contributed by atoms with E-state index >= 15 is 0 Å². The maximum Gasteiger partial charge on any atom is 0.308 e. The van der Waals surface area contributed by atoms with Crippen molar-refractivity contribution in [1.29, 1.82) is 0 Å². The first-order valence-electron chi connectivity index (χ1n) is 7.43. The van der Waals surface area contributed by atoms with Crippen LogP contribution in [-0.4, -0.2) is 29.2 Å². The lowest BCUT2D eigenvalue weighted by Crippen LogP contribution is -2.39. The van der Waals surface area contributed by atoms with Gasteiger partial charge in [-0.15, -0.1) is 12.3 Å². The largest absolute Gasteiger partial charge is 0.481 e. The van der Waals surface area contributed by atoms with Gasteiger partial charge >= 0.3 is 5.97 Å². The van der Waals surface area contributed by atoms with Crippen LogP contribution in [0, 0.1) is 24.2 Å². The SMILES string of the molecule is C#CCCC1(CCC(=O)NCC(C(=O)O)C2CCC2)N=N1. The first-order valence-corrected chi connectivity index (χ1v) is 7.43. The van der Waals surface area contributed by atoms with Crippen LogP contribution in [0.5, 0.6) is 0 Å². The van der Waals surface area contributed by atoms with E-state index < -0.39 is 17.6 Å². The molecule has 1 saturated carbocycles. The molecule has 0 aromatic carbocycles. The van der Waals surface area contributed by atoms with Crippen LogP contribution in [0.25, 0.3) is 0 Å². The zero-order valence-electron chi connectivity index (χ0n) is 12.0. The molecule has 0 bridgehead atoms. The van der Waals surface area contributed by atoms with Crippen LogP contribution in [0.3, 0.4) is 0 Å². The van der Waals surface area contributed by atoms with Gasteiger partial charge in [0, 0.05) is 32.2 Å². The number of aliphatic carboxylic acids is 1. The molecular formula is C15H21N3O3. The lowest BCUT2D eigenvalue weighted by Gasteiger charge is -2.31. The molecule has 0 aromatic heterocycles. The first kappa shape index (κ1) is 15.5. The Bertz CT molecular complexity index is 471. The Hall–Kier alpha value is -1.90. The number of nitrogens with zero attached hydrogens (tertiary/aromatic N) is 2. The van der Waals surface area contributed by atoms with Crippen molar-refractivity contribution in [2.75, 3.05) is 6.54 Å². The summed E-state index contributed by atoms with van der Waals surface area (Å²) in [6.07, 6.45) is 10.3. The summed E-state index contributed by atoms with van der Waals surface area (Å²) >= 11 is 0. The Morgan fingerprint density at radius 2 is 2.10 bits per heavy atom. The van der Waals surface area contributed by atoms with Crippen LogP contribution < -0.4 is 5.32 Å². The van der Waals surface area contributed by atoms with Gasteiger partial charge in [0.15, 0.2) is 5.66 Å². The summed E-state index contributed by atoms with van der Waals surface area (Å²) in [4.78, 5) is 23.0. The van der Waals surface area contributed by atoms with E-state index in [1.54, 1.807) is 0 Å². The van der Waals surface area contributed by atoms with Gasteiger partial charge in [0.25, 0.3) is 0 Å². The zero-order valence-corrected chi connectivity index (χ0v) is 12.0. The molecule has 0 radical (unpaired) electrons. The quantitative estimate of drug-likeness (QED) is 0.636. The minimum Gasteiger partial charge on any atom is -0.481 e. The van der Waals surface area contributed by atoms with E-state index in [0.717, 1.165) is 19.3 Å². The predicted octanol–water partition coefficient (Wildman–Crippen LogP) is 1.96. The highest BCUT2D eigenvalue weighted by molar-refractivity contribution is 5.77. The Morgan fingerprint density at radius 1 is 1.38 bits per heavy atom. The van der Waals surface area contributed by atoms with Crippen LogP contribution >= 0.6 is 0 Å². The van der Waals surface area contributed by atoms with E-state index in [1.807, 2.05) is 0 Å². The molecule has 1 fully saturated rings. The second-order valence-electron chi connectivity index (χ2n) is 5.83. The fourth-order valence-corrected chi connectivity index (χ4v) is 2.59. The van der Waals surface area contributed by atoms with Crippen molar-refractivity contribution in [3.63, 3.8) is 0 Å². The fourth-order valence-electron chi connectivity index (χ4n) is 2.59. The number of carboxylic acid groups (broad SMARTS) is 1. The Kier molecular flexibility index (Phi) is 4.94. The van der Waals surface area contributed by atoms with Gasteiger partial charge in [0.2, 0.25) is 5.91 Å². The van der Waals surface area contributed by atoms with Crippen LogP contribution in [0.4, 0.5) is 0 Å². The maximum absolute atomic E-state index is 11.8. The second-order valence-corrected chi connectivity index (χ2v) is 5.83. The molecule has 6 heteroatoms. The van der Waals surface area contributed by atoms with E-state index in [-0.39, 0.29) is 18.4 Å². The van der Waals surface area contributed by atoms with Crippen molar-refractivity contribution in [3.05, 3.63) is 0 Å². The Balaban J connectivity index is 1.67. The Labute approximate surface area is 124 Å². The molecule has 1 aliphatic carbocycles. The minimum absolute atomic E-state index is 0.141. The summed E-state index contributed by atoms with van der Waals surface area (Å²) in [7, 11) is 0. The standard InChI is InChI=1S/C15H21N3O3/c1-2-3-8-15(17-18-15)9-7-13(19)16-10-12(14(20)21)11-5-4-6-11/h1,11-12H,3-10H2,(H,16,19)(H,20,21). The molecule has 0 saturated heterocycles. The van der Waals surface area contributed by atoms with Crippen LogP contribution in [0.15, 0.2) is 10.2 Å². The highest BCUT2D eigenvalue weighted by atomic mass is 16.4. The molecule has 1 atom stereocenters. The van der Waals surface area contributed by atoms with Gasteiger partial charge < -0.3 is 10.4 Å². The number of hydrogen-bond acceptors (Lipinski definition) is 4. The third-order valence-corrected chi connectivity index (χ3v) is 4.36. The van der Waals surface area contributed by atoms with Gasteiger partial charge in [-0.05, 0) is 18.8 Å². The van der Waals surface area contributed by atoms with Crippen LogP contribution in [-0.2, 0) is 9.59 Å². The molecule has 114 valence electrons. The third kappa shape index (κ3) is 4.28. The fraction of sp³-hybridized carbons (Fsp3) is 0.733. The van der Waals surface area contributed by atoms with Gasteiger partial charge in [-0.1, -0.05) is 6.42 Å². The average Bonchev–Trinajstić information content (AvgIpc) is 3.17. The van der Waals surface area contributed by atoms with Gasteiger partial charge in [-0.25, -0.2) is 0 Å². The second kappa shape index (κ2) is 6.70. The number of carbonyl (C=O) groups is 2. The summed E-state index contributed by atoms with van der Waals surface area (Å²) in [6, 6.07) is 0. The summed E-state index contributed by atoms with van der Waals surface area (Å²) in [5.41, 5.74) is -0.454. The molecule has 6 nitrogen and oxygen atoms in total. The monoisotopic (exact) mass is 291 g/mol. The highest BCUT2D eigenvalue weighted by Gasteiger charge is 2.39.